The highest BCUT2D eigenvalue weighted by molar-refractivity contribution is 5.80. The molecule has 0 spiro atoms. The lowest BCUT2D eigenvalue weighted by Gasteiger charge is -2.34. The number of pyridine rings is 1. The zero-order valence-electron chi connectivity index (χ0n) is 17.9. The van der Waals surface area contributed by atoms with Crippen molar-refractivity contribution in [3.05, 3.63) is 47.8 Å². The SMILES string of the molecule is Cc1cc2nc(N3CCC(Oc4ccc(F)cc4F)CC3)c(N[C@H]3CCOC3)nc2cn1. The number of fused-ring (bicyclic) bond motifs is 1. The van der Waals surface area contributed by atoms with E-state index in [2.05, 4.69) is 15.2 Å². The Morgan fingerprint density at radius 2 is 1.94 bits per heavy atom. The van der Waals surface area contributed by atoms with Gasteiger partial charge >= 0.3 is 0 Å². The van der Waals surface area contributed by atoms with Crippen LogP contribution in [0.3, 0.4) is 0 Å². The average molecular weight is 441 g/mol. The number of rotatable bonds is 5. The molecule has 1 N–H and O–H groups in total. The molecular formula is C23H25F2N5O2. The van der Waals surface area contributed by atoms with Gasteiger partial charge in [0.2, 0.25) is 0 Å². The summed E-state index contributed by atoms with van der Waals surface area (Å²) in [6.45, 7) is 4.68. The number of halogens is 2. The van der Waals surface area contributed by atoms with Crippen LogP contribution >= 0.6 is 0 Å². The second-order valence-electron chi connectivity index (χ2n) is 8.29. The molecule has 0 bridgehead atoms. The van der Waals surface area contributed by atoms with Crippen molar-refractivity contribution in [3.8, 4) is 5.75 Å². The minimum Gasteiger partial charge on any atom is -0.487 e. The zero-order chi connectivity index (χ0) is 22.1. The molecule has 168 valence electrons. The van der Waals surface area contributed by atoms with E-state index in [1.807, 2.05) is 13.0 Å². The van der Waals surface area contributed by atoms with Crippen molar-refractivity contribution in [2.45, 2.75) is 38.3 Å². The van der Waals surface area contributed by atoms with Gasteiger partial charge in [0.25, 0.3) is 0 Å². The highest BCUT2D eigenvalue weighted by Crippen LogP contribution is 2.30. The molecule has 32 heavy (non-hydrogen) atoms. The summed E-state index contributed by atoms with van der Waals surface area (Å²) in [6.07, 6.45) is 3.90. The summed E-state index contributed by atoms with van der Waals surface area (Å²) < 4.78 is 38.4. The number of nitrogens with zero attached hydrogens (tertiary/aromatic N) is 4. The van der Waals surface area contributed by atoms with Gasteiger partial charge in [-0.3, -0.25) is 4.98 Å². The predicted molar refractivity (Wildman–Crippen MR) is 117 cm³/mol. The van der Waals surface area contributed by atoms with Crippen molar-refractivity contribution >= 4 is 22.7 Å². The van der Waals surface area contributed by atoms with E-state index in [0.717, 1.165) is 47.5 Å². The number of benzene rings is 1. The predicted octanol–water partition coefficient (Wildman–Crippen LogP) is 3.86. The molecule has 0 aliphatic carbocycles. The Morgan fingerprint density at radius 3 is 2.69 bits per heavy atom. The first-order valence-electron chi connectivity index (χ1n) is 10.9. The molecule has 2 saturated heterocycles. The third-order valence-electron chi connectivity index (χ3n) is 5.87. The Balaban J connectivity index is 1.35. The van der Waals surface area contributed by atoms with Crippen LogP contribution in [0.4, 0.5) is 20.4 Å². The Labute approximate surface area is 184 Å². The van der Waals surface area contributed by atoms with E-state index in [4.69, 9.17) is 19.4 Å². The van der Waals surface area contributed by atoms with E-state index >= 15 is 0 Å². The van der Waals surface area contributed by atoms with Crippen molar-refractivity contribution in [1.29, 1.82) is 0 Å². The molecule has 0 saturated carbocycles. The second-order valence-corrected chi connectivity index (χ2v) is 8.29. The molecule has 0 unspecified atom stereocenters. The fourth-order valence-corrected chi connectivity index (χ4v) is 4.15. The van der Waals surface area contributed by atoms with E-state index < -0.39 is 11.6 Å². The normalized spacial score (nSPS) is 19.5. The monoisotopic (exact) mass is 441 g/mol. The first kappa shape index (κ1) is 20.8. The molecule has 2 aliphatic heterocycles. The van der Waals surface area contributed by atoms with Gasteiger partial charge in [-0.2, -0.15) is 0 Å². The van der Waals surface area contributed by atoms with Gasteiger partial charge in [-0.25, -0.2) is 18.7 Å². The number of aromatic nitrogens is 3. The zero-order valence-corrected chi connectivity index (χ0v) is 17.9. The fourth-order valence-electron chi connectivity index (χ4n) is 4.15. The highest BCUT2D eigenvalue weighted by Gasteiger charge is 2.26. The first-order chi connectivity index (χ1) is 15.5. The van der Waals surface area contributed by atoms with Crippen LogP contribution in [-0.2, 0) is 4.74 Å². The van der Waals surface area contributed by atoms with Gasteiger partial charge in [-0.1, -0.05) is 0 Å². The highest BCUT2D eigenvalue weighted by atomic mass is 19.1. The maximum absolute atomic E-state index is 14.0. The molecule has 2 aromatic heterocycles. The summed E-state index contributed by atoms with van der Waals surface area (Å²) in [4.78, 5) is 16.3. The van der Waals surface area contributed by atoms with E-state index in [9.17, 15) is 8.78 Å². The Hall–Kier alpha value is -3.07. The van der Waals surface area contributed by atoms with Gasteiger partial charge in [0.1, 0.15) is 17.4 Å². The molecule has 9 heteroatoms. The van der Waals surface area contributed by atoms with Crippen LogP contribution in [0.2, 0.25) is 0 Å². The van der Waals surface area contributed by atoms with Gasteiger partial charge in [-0.05, 0) is 31.5 Å². The van der Waals surface area contributed by atoms with Crippen molar-refractivity contribution in [2.24, 2.45) is 0 Å². The summed E-state index contributed by atoms with van der Waals surface area (Å²) in [5, 5.41) is 3.49. The second kappa shape index (κ2) is 8.82. The van der Waals surface area contributed by atoms with Crippen LogP contribution in [0.25, 0.3) is 11.0 Å². The van der Waals surface area contributed by atoms with Crippen molar-refractivity contribution in [1.82, 2.24) is 15.0 Å². The maximum atomic E-state index is 14.0. The third kappa shape index (κ3) is 4.43. The van der Waals surface area contributed by atoms with Gasteiger partial charge in [0.05, 0.1) is 24.4 Å². The minimum absolute atomic E-state index is 0.0851. The lowest BCUT2D eigenvalue weighted by atomic mass is 10.1. The molecule has 1 aromatic carbocycles. The number of hydrogen-bond acceptors (Lipinski definition) is 7. The third-order valence-corrected chi connectivity index (χ3v) is 5.87. The van der Waals surface area contributed by atoms with E-state index in [0.29, 0.717) is 32.5 Å². The summed E-state index contributed by atoms with van der Waals surface area (Å²) in [5.41, 5.74) is 2.43. The molecule has 5 rings (SSSR count). The number of nitrogens with one attached hydrogen (secondary N) is 1. The van der Waals surface area contributed by atoms with Crippen LogP contribution in [-0.4, -0.2) is 53.4 Å². The van der Waals surface area contributed by atoms with Gasteiger partial charge in [0, 0.05) is 44.3 Å². The first-order valence-corrected chi connectivity index (χ1v) is 10.9. The van der Waals surface area contributed by atoms with Crippen LogP contribution in [0.15, 0.2) is 30.5 Å². The molecule has 2 aliphatic rings. The van der Waals surface area contributed by atoms with Crippen molar-refractivity contribution < 1.29 is 18.3 Å². The lowest BCUT2D eigenvalue weighted by molar-refractivity contribution is 0.163. The fraction of sp³-hybridized carbons (Fsp3) is 0.435. The molecular weight excluding hydrogens is 416 g/mol. The Kier molecular flexibility index (Phi) is 5.73. The van der Waals surface area contributed by atoms with Crippen LogP contribution in [0.5, 0.6) is 5.75 Å². The maximum Gasteiger partial charge on any atom is 0.172 e. The average Bonchev–Trinajstić information content (AvgIpc) is 3.29. The van der Waals surface area contributed by atoms with Gasteiger partial charge in [0.15, 0.2) is 23.2 Å². The van der Waals surface area contributed by atoms with E-state index in [1.165, 1.54) is 12.1 Å². The largest absolute Gasteiger partial charge is 0.487 e. The summed E-state index contributed by atoms with van der Waals surface area (Å²) in [5.74, 6) is 0.311. The van der Waals surface area contributed by atoms with E-state index in [-0.39, 0.29) is 17.9 Å². The summed E-state index contributed by atoms with van der Waals surface area (Å²) >= 11 is 0. The summed E-state index contributed by atoms with van der Waals surface area (Å²) in [7, 11) is 0. The standard InChI is InChI=1S/C23H25F2N5O2/c1-14-10-19-20(12-26-14)28-22(27-16-6-9-31-13-16)23(29-19)30-7-4-17(5-8-30)32-21-3-2-15(24)11-18(21)25/h2-3,10-12,16-17H,4-9,13H2,1H3,(H,27,28)/t16-/m0/s1. The smallest absolute Gasteiger partial charge is 0.172 e. The number of anilines is 2. The lowest BCUT2D eigenvalue weighted by Crippen LogP contribution is -2.39. The minimum atomic E-state index is -0.679. The molecule has 2 fully saturated rings. The van der Waals surface area contributed by atoms with Gasteiger partial charge in [-0.15, -0.1) is 0 Å². The topological polar surface area (TPSA) is 72.4 Å². The van der Waals surface area contributed by atoms with Gasteiger partial charge < -0.3 is 19.7 Å². The summed E-state index contributed by atoms with van der Waals surface area (Å²) in [6, 6.07) is 5.52. The van der Waals surface area contributed by atoms with E-state index in [1.54, 1.807) is 6.20 Å². The van der Waals surface area contributed by atoms with Crippen LogP contribution < -0.4 is 15.0 Å². The van der Waals surface area contributed by atoms with Crippen LogP contribution in [0, 0.1) is 18.6 Å². The molecule has 7 nitrogen and oxygen atoms in total. The van der Waals surface area contributed by atoms with Crippen LogP contribution in [0.1, 0.15) is 25.0 Å². The number of hydrogen-bond donors (Lipinski definition) is 1. The van der Waals surface area contributed by atoms with Crippen molar-refractivity contribution in [2.75, 3.05) is 36.5 Å². The molecule has 3 aromatic rings. The molecule has 1 atom stereocenters. The molecule has 4 heterocycles. The van der Waals surface area contributed by atoms with Crippen molar-refractivity contribution in [3.63, 3.8) is 0 Å². The number of aryl methyl sites for hydroxylation is 1. The molecule has 0 amide bonds. The number of piperidine rings is 1. The number of ether oxygens (including phenoxy) is 2. The Bertz CT molecular complexity index is 1110. The molecule has 0 radical (unpaired) electrons. The quantitative estimate of drug-likeness (QED) is 0.645. The Morgan fingerprint density at radius 1 is 1.09 bits per heavy atom.